The van der Waals surface area contributed by atoms with Crippen molar-refractivity contribution in [3.05, 3.63) is 46.1 Å². The van der Waals surface area contributed by atoms with Crippen molar-refractivity contribution in [2.45, 2.75) is 32.3 Å². The lowest BCUT2D eigenvalue weighted by Gasteiger charge is -2.11. The standard InChI is InChI=1S/C14H16N2O3/c1-2-4-11(17)9-10-6-7-13(16(18)19)14-12(10)5-3-8-15-14/h3,5-8,11,17H,2,4,9H2,1H3. The van der Waals surface area contributed by atoms with Gasteiger partial charge in [-0.1, -0.05) is 25.5 Å². The van der Waals surface area contributed by atoms with Crippen LogP contribution in [0.2, 0.25) is 0 Å². The molecule has 2 rings (SSSR count). The van der Waals surface area contributed by atoms with E-state index in [1.54, 1.807) is 18.3 Å². The lowest BCUT2D eigenvalue weighted by molar-refractivity contribution is -0.383. The molecule has 0 bridgehead atoms. The van der Waals surface area contributed by atoms with Crippen LogP contribution in [0.1, 0.15) is 25.3 Å². The van der Waals surface area contributed by atoms with Crippen LogP contribution in [0, 0.1) is 10.1 Å². The van der Waals surface area contributed by atoms with Crippen LogP contribution in [0.5, 0.6) is 0 Å². The lowest BCUT2D eigenvalue weighted by atomic mass is 9.99. The van der Waals surface area contributed by atoms with Crippen molar-refractivity contribution < 1.29 is 10.0 Å². The van der Waals surface area contributed by atoms with E-state index in [4.69, 9.17) is 0 Å². The Morgan fingerprint density at radius 1 is 1.42 bits per heavy atom. The fourth-order valence-electron chi connectivity index (χ4n) is 2.23. The highest BCUT2D eigenvalue weighted by Gasteiger charge is 2.16. The van der Waals surface area contributed by atoms with Gasteiger partial charge in [-0.25, -0.2) is 4.98 Å². The molecule has 2 aromatic rings. The third-order valence-corrected chi connectivity index (χ3v) is 3.11. The molecule has 1 aromatic heterocycles. The molecule has 0 saturated carbocycles. The summed E-state index contributed by atoms with van der Waals surface area (Å²) >= 11 is 0. The Morgan fingerprint density at radius 3 is 2.89 bits per heavy atom. The minimum Gasteiger partial charge on any atom is -0.393 e. The first-order valence-corrected chi connectivity index (χ1v) is 6.32. The van der Waals surface area contributed by atoms with Crippen molar-refractivity contribution >= 4 is 16.6 Å². The predicted octanol–water partition coefficient (Wildman–Crippen LogP) is 2.85. The SMILES string of the molecule is CCCC(O)Cc1ccc([N+](=O)[O-])c2ncccc12. The Bertz CT molecular complexity index is 598. The van der Waals surface area contributed by atoms with Crippen LogP contribution in [0.15, 0.2) is 30.5 Å². The van der Waals surface area contributed by atoms with Crippen molar-refractivity contribution in [2.75, 3.05) is 0 Å². The Hall–Kier alpha value is -2.01. The van der Waals surface area contributed by atoms with Gasteiger partial charge in [0.05, 0.1) is 11.0 Å². The Labute approximate surface area is 111 Å². The van der Waals surface area contributed by atoms with Gasteiger partial charge in [0.1, 0.15) is 5.52 Å². The summed E-state index contributed by atoms with van der Waals surface area (Å²) in [5.74, 6) is 0. The predicted molar refractivity (Wildman–Crippen MR) is 73.0 cm³/mol. The number of pyridine rings is 1. The zero-order valence-corrected chi connectivity index (χ0v) is 10.7. The molecular formula is C14H16N2O3. The zero-order chi connectivity index (χ0) is 13.8. The van der Waals surface area contributed by atoms with Crippen LogP contribution >= 0.6 is 0 Å². The quantitative estimate of drug-likeness (QED) is 0.662. The molecular weight excluding hydrogens is 244 g/mol. The maximum Gasteiger partial charge on any atom is 0.295 e. The monoisotopic (exact) mass is 260 g/mol. The number of nitrogens with zero attached hydrogens (tertiary/aromatic N) is 2. The summed E-state index contributed by atoms with van der Waals surface area (Å²) in [5, 5.41) is 21.6. The van der Waals surface area contributed by atoms with E-state index in [9.17, 15) is 15.2 Å². The first kappa shape index (κ1) is 13.4. The third-order valence-electron chi connectivity index (χ3n) is 3.11. The highest BCUT2D eigenvalue weighted by atomic mass is 16.6. The van der Waals surface area contributed by atoms with Gasteiger partial charge in [-0.15, -0.1) is 0 Å². The number of aliphatic hydroxyl groups excluding tert-OH is 1. The van der Waals surface area contributed by atoms with Gasteiger partial charge >= 0.3 is 0 Å². The number of benzene rings is 1. The van der Waals surface area contributed by atoms with Crippen LogP contribution in [-0.4, -0.2) is 21.1 Å². The van der Waals surface area contributed by atoms with Crippen molar-refractivity contribution in [1.82, 2.24) is 4.98 Å². The first-order valence-electron chi connectivity index (χ1n) is 6.32. The average molecular weight is 260 g/mol. The van der Waals surface area contributed by atoms with Crippen molar-refractivity contribution in [3.63, 3.8) is 0 Å². The molecule has 0 aliphatic rings. The van der Waals surface area contributed by atoms with Gasteiger partial charge < -0.3 is 5.11 Å². The molecule has 0 aliphatic carbocycles. The minimum atomic E-state index is -0.429. The second-order valence-corrected chi connectivity index (χ2v) is 4.55. The summed E-state index contributed by atoms with van der Waals surface area (Å²) in [5.41, 5.74) is 1.28. The molecule has 0 fully saturated rings. The number of hydrogen-bond donors (Lipinski definition) is 1. The van der Waals surface area contributed by atoms with Crippen molar-refractivity contribution in [3.8, 4) is 0 Å². The summed E-state index contributed by atoms with van der Waals surface area (Å²) in [7, 11) is 0. The summed E-state index contributed by atoms with van der Waals surface area (Å²) in [4.78, 5) is 14.6. The number of nitro benzene ring substituents is 1. The first-order chi connectivity index (χ1) is 9.13. The van der Waals surface area contributed by atoms with Crippen LogP contribution < -0.4 is 0 Å². The van der Waals surface area contributed by atoms with Gasteiger partial charge in [0.25, 0.3) is 5.69 Å². The van der Waals surface area contributed by atoms with Gasteiger partial charge in [0.2, 0.25) is 0 Å². The largest absolute Gasteiger partial charge is 0.393 e. The summed E-state index contributed by atoms with van der Waals surface area (Å²) < 4.78 is 0. The van der Waals surface area contributed by atoms with E-state index >= 15 is 0 Å². The van der Waals surface area contributed by atoms with E-state index in [1.165, 1.54) is 6.07 Å². The summed E-state index contributed by atoms with van der Waals surface area (Å²) in [6, 6.07) is 6.73. The molecule has 5 heteroatoms. The third kappa shape index (κ3) is 2.88. The number of non-ortho nitro benzene ring substituents is 1. The Morgan fingerprint density at radius 2 is 2.21 bits per heavy atom. The van der Waals surface area contributed by atoms with E-state index in [2.05, 4.69) is 4.98 Å². The molecule has 0 spiro atoms. The van der Waals surface area contributed by atoms with Crippen molar-refractivity contribution in [2.24, 2.45) is 0 Å². The maximum absolute atomic E-state index is 11.0. The van der Waals surface area contributed by atoms with Crippen LogP contribution in [0.3, 0.4) is 0 Å². The van der Waals surface area contributed by atoms with Gasteiger partial charge in [-0.2, -0.15) is 0 Å². The molecule has 19 heavy (non-hydrogen) atoms. The Kier molecular flexibility index (Phi) is 4.06. The maximum atomic E-state index is 11.0. The number of fused-ring (bicyclic) bond motifs is 1. The van der Waals surface area contributed by atoms with Crippen LogP contribution in [0.4, 0.5) is 5.69 Å². The fourth-order valence-corrected chi connectivity index (χ4v) is 2.23. The number of aliphatic hydroxyl groups is 1. The van der Waals surface area contributed by atoms with Gasteiger partial charge in [0.15, 0.2) is 0 Å². The van der Waals surface area contributed by atoms with E-state index in [1.807, 2.05) is 13.0 Å². The fraction of sp³-hybridized carbons (Fsp3) is 0.357. The van der Waals surface area contributed by atoms with Crippen LogP contribution in [-0.2, 0) is 6.42 Å². The normalized spacial score (nSPS) is 12.5. The molecule has 1 aromatic carbocycles. The number of hydrogen-bond acceptors (Lipinski definition) is 4. The lowest BCUT2D eigenvalue weighted by Crippen LogP contribution is -2.10. The number of aromatic nitrogens is 1. The molecule has 100 valence electrons. The number of nitro groups is 1. The average Bonchev–Trinajstić information content (AvgIpc) is 2.39. The topological polar surface area (TPSA) is 76.3 Å². The van der Waals surface area contributed by atoms with E-state index < -0.39 is 11.0 Å². The molecule has 0 amide bonds. The van der Waals surface area contributed by atoms with Gasteiger partial charge in [-0.05, 0) is 24.5 Å². The number of rotatable bonds is 5. The van der Waals surface area contributed by atoms with Gasteiger partial charge in [0, 0.05) is 17.6 Å². The second kappa shape index (κ2) is 5.75. The minimum absolute atomic E-state index is 0.00401. The Balaban J connectivity index is 2.46. The molecule has 1 heterocycles. The molecule has 0 aliphatic heterocycles. The van der Waals surface area contributed by atoms with E-state index in [0.29, 0.717) is 11.9 Å². The van der Waals surface area contributed by atoms with Crippen molar-refractivity contribution in [1.29, 1.82) is 0 Å². The molecule has 1 atom stereocenters. The smallest absolute Gasteiger partial charge is 0.295 e. The molecule has 1 N–H and O–H groups in total. The highest BCUT2D eigenvalue weighted by molar-refractivity contribution is 5.89. The molecule has 0 radical (unpaired) electrons. The van der Waals surface area contributed by atoms with E-state index in [0.717, 1.165) is 23.8 Å². The second-order valence-electron chi connectivity index (χ2n) is 4.55. The molecule has 5 nitrogen and oxygen atoms in total. The summed E-state index contributed by atoms with van der Waals surface area (Å²) in [6.45, 7) is 2.01. The summed E-state index contributed by atoms with van der Waals surface area (Å²) in [6.07, 6.45) is 3.24. The van der Waals surface area contributed by atoms with E-state index in [-0.39, 0.29) is 5.69 Å². The highest BCUT2D eigenvalue weighted by Crippen LogP contribution is 2.27. The van der Waals surface area contributed by atoms with Gasteiger partial charge in [-0.3, -0.25) is 10.1 Å². The zero-order valence-electron chi connectivity index (χ0n) is 10.7. The van der Waals surface area contributed by atoms with Crippen LogP contribution in [0.25, 0.3) is 10.9 Å². The molecule has 0 saturated heterocycles. The molecule has 1 unspecified atom stereocenters.